The molecule has 3 aromatic rings. The fraction of sp³-hybridized carbons (Fsp3) is 0.0667. The van der Waals surface area contributed by atoms with Gasteiger partial charge in [-0.2, -0.15) is 0 Å². The van der Waals surface area contributed by atoms with Gasteiger partial charge in [-0.3, -0.25) is 0 Å². The summed E-state index contributed by atoms with van der Waals surface area (Å²) < 4.78 is 5.12. The van der Waals surface area contributed by atoms with Crippen LogP contribution in [0.15, 0.2) is 42.5 Å². The summed E-state index contributed by atoms with van der Waals surface area (Å²) in [5, 5.41) is 10.9. The highest BCUT2D eigenvalue weighted by atomic mass is 16.5. The Labute approximate surface area is 109 Å². The number of carboxylic acid groups (broad SMARTS) is 1. The fourth-order valence-corrected chi connectivity index (χ4v) is 2.22. The first kappa shape index (κ1) is 11.5. The van der Waals surface area contributed by atoms with Gasteiger partial charge in [0.15, 0.2) is 0 Å². The molecule has 0 aliphatic heterocycles. The van der Waals surface area contributed by atoms with Crippen molar-refractivity contribution in [3.63, 3.8) is 0 Å². The molecule has 2 aromatic carbocycles. The number of aromatic carboxylic acids is 1. The molecule has 94 valence electrons. The van der Waals surface area contributed by atoms with Crippen molar-refractivity contribution in [3.8, 4) is 5.75 Å². The quantitative estimate of drug-likeness (QED) is 0.713. The lowest BCUT2D eigenvalue weighted by molar-refractivity contribution is 0.0695. The van der Waals surface area contributed by atoms with Crippen molar-refractivity contribution in [2.45, 2.75) is 0 Å². The van der Waals surface area contributed by atoms with Gasteiger partial charge in [-0.1, -0.05) is 18.2 Å². The molecule has 4 heteroatoms. The standard InChI is InChI=1S/C15H11NO3/c1-19-13-7-6-12-10(14(13)15(17)18)8-9-4-2-3-5-11(9)16-12/h2-8H,1H3,(H,17,18). The van der Waals surface area contributed by atoms with Crippen molar-refractivity contribution in [2.24, 2.45) is 0 Å². The van der Waals surface area contributed by atoms with Crippen molar-refractivity contribution in [3.05, 3.63) is 48.0 Å². The molecule has 1 heterocycles. The summed E-state index contributed by atoms with van der Waals surface area (Å²) in [6.45, 7) is 0. The van der Waals surface area contributed by atoms with Crippen LogP contribution in [0, 0.1) is 0 Å². The van der Waals surface area contributed by atoms with Crippen LogP contribution in [0.4, 0.5) is 0 Å². The van der Waals surface area contributed by atoms with Gasteiger partial charge in [0.05, 0.1) is 18.1 Å². The Kier molecular flexibility index (Phi) is 2.56. The maximum atomic E-state index is 11.4. The summed E-state index contributed by atoms with van der Waals surface area (Å²) in [6, 6.07) is 12.9. The Balaban J connectivity index is 2.47. The first-order valence-corrected chi connectivity index (χ1v) is 5.80. The number of rotatable bonds is 2. The maximum absolute atomic E-state index is 11.4. The number of hydrogen-bond donors (Lipinski definition) is 1. The van der Waals surface area contributed by atoms with Crippen molar-refractivity contribution < 1.29 is 14.6 Å². The van der Waals surface area contributed by atoms with Crippen molar-refractivity contribution in [1.29, 1.82) is 0 Å². The first-order chi connectivity index (χ1) is 9.20. The van der Waals surface area contributed by atoms with E-state index in [0.29, 0.717) is 16.7 Å². The zero-order valence-corrected chi connectivity index (χ0v) is 10.3. The number of aromatic nitrogens is 1. The number of nitrogens with zero attached hydrogens (tertiary/aromatic N) is 1. The van der Waals surface area contributed by atoms with Crippen LogP contribution >= 0.6 is 0 Å². The van der Waals surface area contributed by atoms with Gasteiger partial charge in [0, 0.05) is 10.8 Å². The summed E-state index contributed by atoms with van der Waals surface area (Å²) in [4.78, 5) is 15.9. The van der Waals surface area contributed by atoms with Gasteiger partial charge in [-0.05, 0) is 24.3 Å². The molecule has 0 saturated carbocycles. The van der Waals surface area contributed by atoms with Crippen LogP contribution in [-0.2, 0) is 0 Å². The van der Waals surface area contributed by atoms with Crippen LogP contribution < -0.4 is 4.74 Å². The lowest BCUT2D eigenvalue weighted by Crippen LogP contribution is -2.02. The van der Waals surface area contributed by atoms with E-state index < -0.39 is 5.97 Å². The van der Waals surface area contributed by atoms with E-state index in [-0.39, 0.29) is 5.56 Å². The molecule has 3 rings (SSSR count). The normalized spacial score (nSPS) is 10.8. The molecule has 0 spiro atoms. The SMILES string of the molecule is COc1ccc2nc3ccccc3cc2c1C(=O)O. The zero-order chi connectivity index (χ0) is 13.4. The highest BCUT2D eigenvalue weighted by Crippen LogP contribution is 2.29. The highest BCUT2D eigenvalue weighted by Gasteiger charge is 2.16. The molecule has 0 atom stereocenters. The molecule has 0 saturated heterocycles. The third-order valence-electron chi connectivity index (χ3n) is 3.10. The van der Waals surface area contributed by atoms with Crippen LogP contribution in [0.1, 0.15) is 10.4 Å². The van der Waals surface area contributed by atoms with Gasteiger partial charge in [-0.15, -0.1) is 0 Å². The molecule has 4 nitrogen and oxygen atoms in total. The molecular weight excluding hydrogens is 242 g/mol. The maximum Gasteiger partial charge on any atom is 0.340 e. The number of carboxylic acids is 1. The van der Waals surface area contributed by atoms with Gasteiger partial charge < -0.3 is 9.84 Å². The van der Waals surface area contributed by atoms with E-state index >= 15 is 0 Å². The van der Waals surface area contributed by atoms with Crippen LogP contribution in [0.2, 0.25) is 0 Å². The van der Waals surface area contributed by atoms with Crippen molar-refractivity contribution in [1.82, 2.24) is 4.98 Å². The molecule has 1 N–H and O–H groups in total. The van der Waals surface area contributed by atoms with Gasteiger partial charge in [-0.25, -0.2) is 9.78 Å². The van der Waals surface area contributed by atoms with Crippen LogP contribution in [0.25, 0.3) is 21.8 Å². The Morgan fingerprint density at radius 3 is 2.68 bits per heavy atom. The molecule has 0 bridgehead atoms. The number of ether oxygens (including phenoxy) is 1. The van der Waals surface area contributed by atoms with E-state index in [1.807, 2.05) is 30.3 Å². The Bertz CT molecular complexity index is 796. The number of methoxy groups -OCH3 is 1. The second kappa shape index (κ2) is 4.24. The monoisotopic (exact) mass is 253 g/mol. The molecule has 0 fully saturated rings. The van der Waals surface area contributed by atoms with E-state index in [4.69, 9.17) is 4.74 Å². The molecule has 0 unspecified atom stereocenters. The number of para-hydroxylation sites is 1. The minimum atomic E-state index is -1.01. The van der Waals surface area contributed by atoms with Crippen LogP contribution in [0.5, 0.6) is 5.75 Å². The van der Waals surface area contributed by atoms with Crippen molar-refractivity contribution in [2.75, 3.05) is 7.11 Å². The first-order valence-electron chi connectivity index (χ1n) is 5.80. The average Bonchev–Trinajstić information content (AvgIpc) is 2.43. The van der Waals surface area contributed by atoms with Crippen LogP contribution in [-0.4, -0.2) is 23.2 Å². The molecule has 1 aromatic heterocycles. The minimum Gasteiger partial charge on any atom is -0.496 e. The third kappa shape index (κ3) is 1.78. The van der Waals surface area contributed by atoms with Crippen LogP contribution in [0.3, 0.4) is 0 Å². The average molecular weight is 253 g/mol. The highest BCUT2D eigenvalue weighted by molar-refractivity contribution is 6.08. The van der Waals surface area contributed by atoms with Gasteiger partial charge in [0.1, 0.15) is 11.3 Å². The number of hydrogen-bond acceptors (Lipinski definition) is 3. The number of benzene rings is 2. The van der Waals surface area contributed by atoms with E-state index in [1.165, 1.54) is 7.11 Å². The Hall–Kier alpha value is -2.62. The number of fused-ring (bicyclic) bond motifs is 2. The predicted molar refractivity (Wildman–Crippen MR) is 72.8 cm³/mol. The largest absolute Gasteiger partial charge is 0.496 e. The molecule has 0 aliphatic rings. The van der Waals surface area contributed by atoms with Gasteiger partial charge in [0.2, 0.25) is 0 Å². The molecule has 0 aliphatic carbocycles. The smallest absolute Gasteiger partial charge is 0.340 e. The van der Waals surface area contributed by atoms with Gasteiger partial charge in [0.25, 0.3) is 0 Å². The minimum absolute atomic E-state index is 0.151. The fourth-order valence-electron chi connectivity index (χ4n) is 2.22. The van der Waals surface area contributed by atoms with Gasteiger partial charge >= 0.3 is 5.97 Å². The zero-order valence-electron chi connectivity index (χ0n) is 10.3. The molecule has 19 heavy (non-hydrogen) atoms. The summed E-state index contributed by atoms with van der Waals surface area (Å²) in [6.07, 6.45) is 0. The predicted octanol–water partition coefficient (Wildman–Crippen LogP) is 3.09. The molecular formula is C15H11NO3. The molecule has 0 amide bonds. The van der Waals surface area contributed by atoms with E-state index in [0.717, 1.165) is 10.9 Å². The van der Waals surface area contributed by atoms with E-state index in [1.54, 1.807) is 12.1 Å². The lowest BCUT2D eigenvalue weighted by Gasteiger charge is -2.09. The van der Waals surface area contributed by atoms with E-state index in [2.05, 4.69) is 4.98 Å². The second-order valence-corrected chi connectivity index (χ2v) is 4.20. The lowest BCUT2D eigenvalue weighted by atomic mass is 10.0. The Morgan fingerprint density at radius 2 is 1.95 bits per heavy atom. The Morgan fingerprint density at radius 1 is 1.16 bits per heavy atom. The number of carbonyl (C=O) groups is 1. The summed E-state index contributed by atoms with van der Waals surface area (Å²) in [5.74, 6) is -0.670. The summed E-state index contributed by atoms with van der Waals surface area (Å²) in [7, 11) is 1.46. The summed E-state index contributed by atoms with van der Waals surface area (Å²) >= 11 is 0. The summed E-state index contributed by atoms with van der Waals surface area (Å²) in [5.41, 5.74) is 1.65. The third-order valence-corrected chi connectivity index (χ3v) is 3.10. The van der Waals surface area contributed by atoms with Crippen molar-refractivity contribution >= 4 is 27.8 Å². The second-order valence-electron chi connectivity index (χ2n) is 4.20. The molecule has 0 radical (unpaired) electrons. The number of pyridine rings is 1. The van der Waals surface area contributed by atoms with E-state index in [9.17, 15) is 9.90 Å². The topological polar surface area (TPSA) is 59.4 Å².